The molecule has 9 N–H and O–H groups in total. The van der Waals surface area contributed by atoms with Crippen molar-refractivity contribution in [1.82, 2.24) is 35.1 Å². The van der Waals surface area contributed by atoms with Crippen molar-refractivity contribution >= 4 is 40.7 Å². The van der Waals surface area contributed by atoms with Gasteiger partial charge in [0.15, 0.2) is 11.2 Å². The molecule has 2 heterocycles. The average molecular weight is 422 g/mol. The number of aromatic nitrogens is 4. The van der Waals surface area contributed by atoms with Crippen molar-refractivity contribution in [2.45, 2.75) is 6.54 Å². The third-order valence-corrected chi connectivity index (χ3v) is 3.83. The number of nitrogens with zero attached hydrogens (tertiary/aromatic N) is 4. The fourth-order valence-electron chi connectivity index (χ4n) is 2.44. The highest BCUT2D eigenvalue weighted by Gasteiger charge is 2.20. The number of aromatic amines is 1. The highest BCUT2D eigenvalue weighted by molar-refractivity contribution is 5.88. The second-order valence-corrected chi connectivity index (χ2v) is 6.11. The van der Waals surface area contributed by atoms with E-state index in [2.05, 4.69) is 25.6 Å². The van der Waals surface area contributed by atoms with Crippen molar-refractivity contribution < 1.29 is 19.2 Å². The Hall–Kier alpha value is -4.01. The summed E-state index contributed by atoms with van der Waals surface area (Å²) in [5.41, 5.74) is 15.3. The van der Waals surface area contributed by atoms with Gasteiger partial charge in [0, 0.05) is 13.1 Å². The minimum atomic E-state index is -0.741. The second-order valence-electron chi connectivity index (χ2n) is 6.11. The maximum atomic E-state index is 12.8. The molecule has 0 atom stereocenters. The van der Waals surface area contributed by atoms with Crippen LogP contribution < -0.4 is 33.4 Å². The number of H-pyrrole nitrogens is 1. The molecule has 30 heavy (non-hydrogen) atoms. The molecule has 0 bridgehead atoms. The lowest BCUT2D eigenvalue weighted by Gasteiger charge is -2.22. The van der Waals surface area contributed by atoms with E-state index in [0.29, 0.717) is 0 Å². The van der Waals surface area contributed by atoms with E-state index < -0.39 is 35.7 Å². The average Bonchev–Trinajstić information content (AvgIpc) is 3.08. The molecule has 0 aliphatic rings. The molecule has 4 amide bonds. The third kappa shape index (κ3) is 5.99. The molecule has 0 aliphatic heterocycles. The zero-order valence-electron chi connectivity index (χ0n) is 15.9. The molecule has 0 aliphatic carbocycles. The standard InChI is InChI=1S/C15H22N10O5/c16-3-9(27)19-1-2-24(5-10(28)20-4-8(17)26)11(29)6-25-7-21-12-13(25)22-15(18)23-14(12)30/h7H,1-6,16H2,(H2,17,26)(H,19,27)(H,20,28)(H3,18,22,23,30). The monoisotopic (exact) mass is 422 g/mol. The first-order valence-corrected chi connectivity index (χ1v) is 8.71. The van der Waals surface area contributed by atoms with Crippen LogP contribution in [0.5, 0.6) is 0 Å². The lowest BCUT2D eigenvalue weighted by Crippen LogP contribution is -2.47. The largest absolute Gasteiger partial charge is 0.369 e. The maximum Gasteiger partial charge on any atom is 0.280 e. The summed E-state index contributed by atoms with van der Waals surface area (Å²) in [5.74, 6) is -2.48. The number of amides is 4. The molecular weight excluding hydrogens is 400 g/mol. The van der Waals surface area contributed by atoms with Crippen molar-refractivity contribution in [3.8, 4) is 0 Å². The van der Waals surface area contributed by atoms with Crippen LogP contribution in [0, 0.1) is 0 Å². The van der Waals surface area contributed by atoms with Crippen LogP contribution in [-0.2, 0) is 25.7 Å². The molecular formula is C15H22N10O5. The van der Waals surface area contributed by atoms with Crippen LogP contribution in [0.3, 0.4) is 0 Å². The summed E-state index contributed by atoms with van der Waals surface area (Å²) in [6.45, 7) is -1.29. The van der Waals surface area contributed by atoms with Crippen molar-refractivity contribution in [3.05, 3.63) is 16.7 Å². The van der Waals surface area contributed by atoms with Gasteiger partial charge in [-0.3, -0.25) is 29.0 Å². The quantitative estimate of drug-likeness (QED) is 0.215. The van der Waals surface area contributed by atoms with Gasteiger partial charge < -0.3 is 37.3 Å². The third-order valence-electron chi connectivity index (χ3n) is 3.83. The van der Waals surface area contributed by atoms with Gasteiger partial charge in [-0.15, -0.1) is 0 Å². The Balaban J connectivity index is 2.14. The molecule has 162 valence electrons. The molecule has 0 unspecified atom stereocenters. The zero-order chi connectivity index (χ0) is 22.3. The van der Waals surface area contributed by atoms with Crippen LogP contribution in [0.1, 0.15) is 0 Å². The van der Waals surface area contributed by atoms with Gasteiger partial charge in [-0.2, -0.15) is 4.98 Å². The lowest BCUT2D eigenvalue weighted by atomic mass is 10.3. The number of rotatable bonds is 10. The molecule has 2 aromatic heterocycles. The minimum absolute atomic E-state index is 0.00189. The number of imidazole rings is 1. The Kier molecular flexibility index (Phi) is 7.40. The second kappa shape index (κ2) is 9.97. The number of carbonyl (C=O) groups excluding carboxylic acids is 4. The van der Waals surface area contributed by atoms with E-state index in [-0.39, 0.29) is 49.8 Å². The van der Waals surface area contributed by atoms with Crippen molar-refractivity contribution in [1.29, 1.82) is 0 Å². The first-order valence-electron chi connectivity index (χ1n) is 8.71. The van der Waals surface area contributed by atoms with Crippen molar-refractivity contribution in [3.63, 3.8) is 0 Å². The number of nitrogens with two attached hydrogens (primary N) is 3. The minimum Gasteiger partial charge on any atom is -0.369 e. The summed E-state index contributed by atoms with van der Waals surface area (Å²) in [5, 5.41) is 4.76. The Labute approximate surface area is 169 Å². The van der Waals surface area contributed by atoms with E-state index in [1.54, 1.807) is 0 Å². The fraction of sp³-hybridized carbons (Fsp3) is 0.400. The van der Waals surface area contributed by atoms with Gasteiger partial charge in [0.2, 0.25) is 29.6 Å². The van der Waals surface area contributed by atoms with E-state index in [1.165, 1.54) is 10.9 Å². The van der Waals surface area contributed by atoms with Gasteiger partial charge in [0.05, 0.1) is 26.0 Å². The smallest absolute Gasteiger partial charge is 0.280 e. The molecule has 0 saturated heterocycles. The summed E-state index contributed by atoms with van der Waals surface area (Å²) in [6.07, 6.45) is 1.24. The predicted octanol–water partition coefficient (Wildman–Crippen LogP) is -4.79. The number of anilines is 1. The van der Waals surface area contributed by atoms with Crippen molar-refractivity contribution in [2.24, 2.45) is 11.5 Å². The molecule has 0 spiro atoms. The van der Waals surface area contributed by atoms with Gasteiger partial charge >= 0.3 is 0 Å². The highest BCUT2D eigenvalue weighted by Crippen LogP contribution is 2.07. The van der Waals surface area contributed by atoms with Gasteiger partial charge in [0.25, 0.3) is 5.56 Å². The zero-order valence-corrected chi connectivity index (χ0v) is 15.9. The SMILES string of the molecule is NCC(=O)NCCN(CC(=O)NCC(N)=O)C(=O)Cn1cnc2c(=O)[nH]c(N)nc21. The maximum absolute atomic E-state index is 12.8. The predicted molar refractivity (Wildman–Crippen MR) is 103 cm³/mol. The van der Waals surface area contributed by atoms with Crippen LogP contribution in [0.4, 0.5) is 5.95 Å². The molecule has 0 aromatic carbocycles. The first-order chi connectivity index (χ1) is 14.2. The van der Waals surface area contributed by atoms with Crippen molar-refractivity contribution in [2.75, 3.05) is 38.5 Å². The Morgan fingerprint density at radius 3 is 2.60 bits per heavy atom. The number of primary amides is 1. The summed E-state index contributed by atoms with van der Waals surface area (Å²) >= 11 is 0. The molecule has 2 aromatic rings. The van der Waals surface area contributed by atoms with Gasteiger partial charge in [-0.1, -0.05) is 0 Å². The molecule has 15 nitrogen and oxygen atoms in total. The number of hydrogen-bond donors (Lipinski definition) is 6. The molecule has 0 fully saturated rings. The number of carbonyl (C=O) groups is 4. The number of nitrogens with one attached hydrogen (secondary N) is 3. The van der Waals surface area contributed by atoms with Crippen LogP contribution >= 0.6 is 0 Å². The Morgan fingerprint density at radius 2 is 1.93 bits per heavy atom. The number of nitrogen functional groups attached to an aromatic ring is 1. The van der Waals surface area contributed by atoms with Crippen LogP contribution in [0.2, 0.25) is 0 Å². The first kappa shape index (κ1) is 22.3. The molecule has 0 saturated carbocycles. The van der Waals surface area contributed by atoms with Gasteiger partial charge in [-0.25, -0.2) is 4.98 Å². The van der Waals surface area contributed by atoms with Crippen LogP contribution in [0.25, 0.3) is 11.2 Å². The van der Waals surface area contributed by atoms with E-state index in [4.69, 9.17) is 17.2 Å². The van der Waals surface area contributed by atoms with Crippen LogP contribution in [-0.4, -0.2) is 80.8 Å². The summed E-state index contributed by atoms with van der Waals surface area (Å²) in [4.78, 5) is 70.0. The van der Waals surface area contributed by atoms with Gasteiger partial charge in [0.1, 0.15) is 6.54 Å². The molecule has 0 radical (unpaired) electrons. The van der Waals surface area contributed by atoms with E-state index >= 15 is 0 Å². The summed E-state index contributed by atoms with van der Waals surface area (Å²) in [7, 11) is 0. The van der Waals surface area contributed by atoms with Crippen LogP contribution in [0.15, 0.2) is 11.1 Å². The fourth-order valence-corrected chi connectivity index (χ4v) is 2.44. The van der Waals surface area contributed by atoms with E-state index in [9.17, 15) is 24.0 Å². The number of fused-ring (bicyclic) bond motifs is 1. The number of hydrogen-bond acceptors (Lipinski definition) is 9. The van der Waals surface area contributed by atoms with E-state index in [0.717, 1.165) is 4.90 Å². The topological polar surface area (TPSA) is 237 Å². The lowest BCUT2D eigenvalue weighted by molar-refractivity contribution is -0.136. The highest BCUT2D eigenvalue weighted by atomic mass is 16.2. The Bertz CT molecular complexity index is 1010. The molecule has 15 heteroatoms. The molecule has 2 rings (SSSR count). The Morgan fingerprint density at radius 1 is 1.20 bits per heavy atom. The normalized spacial score (nSPS) is 10.6. The summed E-state index contributed by atoms with van der Waals surface area (Å²) in [6, 6.07) is 0. The van der Waals surface area contributed by atoms with E-state index in [1.807, 2.05) is 0 Å². The summed E-state index contributed by atoms with van der Waals surface area (Å²) < 4.78 is 1.30. The van der Waals surface area contributed by atoms with Gasteiger partial charge in [-0.05, 0) is 0 Å².